The Bertz CT molecular complexity index is 595. The lowest BCUT2D eigenvalue weighted by Crippen LogP contribution is -2.17. The fourth-order valence-electron chi connectivity index (χ4n) is 2.07. The molecule has 18 heavy (non-hydrogen) atoms. The Labute approximate surface area is 109 Å². The van der Waals surface area contributed by atoms with Crippen LogP contribution >= 0.6 is 0 Å². The first-order valence-electron chi connectivity index (χ1n) is 5.71. The molecule has 0 radical (unpaired) electrons. The molecule has 0 bridgehead atoms. The molecule has 1 aliphatic rings. The van der Waals surface area contributed by atoms with Crippen LogP contribution in [0.5, 0.6) is 5.75 Å². The largest absolute Gasteiger partial charge is 0.497 e. The van der Waals surface area contributed by atoms with Crippen molar-refractivity contribution in [3.05, 3.63) is 54.1 Å². The molecule has 0 saturated carbocycles. The van der Waals surface area contributed by atoms with Gasteiger partial charge in [-0.05, 0) is 35.9 Å². The van der Waals surface area contributed by atoms with Crippen molar-refractivity contribution in [2.24, 2.45) is 0 Å². The van der Waals surface area contributed by atoms with Crippen molar-refractivity contribution in [1.29, 1.82) is 0 Å². The number of methoxy groups -OCH3 is 1. The van der Waals surface area contributed by atoms with Gasteiger partial charge in [0.1, 0.15) is 5.75 Å². The van der Waals surface area contributed by atoms with E-state index in [1.165, 1.54) is 0 Å². The van der Waals surface area contributed by atoms with E-state index in [1.54, 1.807) is 7.11 Å². The summed E-state index contributed by atoms with van der Waals surface area (Å²) < 4.78 is 19.4. The molecule has 0 fully saturated rings. The predicted octanol–water partition coefficient (Wildman–Crippen LogP) is 2.74. The van der Waals surface area contributed by atoms with E-state index in [9.17, 15) is 4.21 Å². The van der Waals surface area contributed by atoms with Gasteiger partial charge in [-0.15, -0.1) is 0 Å². The number of ether oxygens (including phenoxy) is 1. The lowest BCUT2D eigenvalue weighted by molar-refractivity contribution is 0.415. The zero-order valence-electron chi connectivity index (χ0n) is 10.00. The van der Waals surface area contributed by atoms with Gasteiger partial charge in [-0.2, -0.15) is 0 Å². The van der Waals surface area contributed by atoms with E-state index >= 15 is 0 Å². The monoisotopic (exact) mass is 259 g/mol. The fourth-order valence-corrected chi connectivity index (χ4v) is 3.43. The summed E-state index contributed by atoms with van der Waals surface area (Å²) in [6.07, 6.45) is 0. The average molecular weight is 259 g/mol. The average Bonchev–Trinajstić information content (AvgIpc) is 2.77. The molecule has 1 unspecified atom stereocenters. The van der Waals surface area contributed by atoms with Gasteiger partial charge >= 0.3 is 0 Å². The highest BCUT2D eigenvalue weighted by molar-refractivity contribution is 7.86. The minimum Gasteiger partial charge on any atom is -0.497 e. The van der Waals surface area contributed by atoms with Crippen molar-refractivity contribution in [2.75, 3.05) is 11.4 Å². The molecule has 3 rings (SSSR count). The Morgan fingerprint density at radius 1 is 1.11 bits per heavy atom. The first-order chi connectivity index (χ1) is 8.79. The number of fused-ring (bicyclic) bond motifs is 1. The van der Waals surface area contributed by atoms with Crippen LogP contribution < -0.4 is 9.04 Å². The number of nitrogens with zero attached hydrogens (tertiary/aromatic N) is 1. The fraction of sp³-hybridized carbons (Fsp3) is 0.143. The number of benzene rings is 2. The molecule has 0 aromatic heterocycles. The van der Waals surface area contributed by atoms with Gasteiger partial charge in [-0.25, -0.2) is 4.21 Å². The second-order valence-electron chi connectivity index (χ2n) is 4.09. The molecule has 0 amide bonds. The van der Waals surface area contributed by atoms with Crippen LogP contribution in [0.2, 0.25) is 0 Å². The van der Waals surface area contributed by atoms with Gasteiger partial charge in [0.2, 0.25) is 0 Å². The zero-order valence-corrected chi connectivity index (χ0v) is 10.8. The third kappa shape index (κ3) is 1.78. The minimum absolute atomic E-state index is 0.690. The summed E-state index contributed by atoms with van der Waals surface area (Å²) in [4.78, 5) is 0.910. The second kappa shape index (κ2) is 4.46. The Kier molecular flexibility index (Phi) is 2.80. The molecular weight excluding hydrogens is 246 g/mol. The topological polar surface area (TPSA) is 29.5 Å². The van der Waals surface area contributed by atoms with Crippen LogP contribution in [0.3, 0.4) is 0 Å². The molecule has 4 heteroatoms. The molecule has 92 valence electrons. The lowest BCUT2D eigenvalue weighted by atomic mass is 10.2. The molecule has 0 aliphatic carbocycles. The normalized spacial score (nSPS) is 17.6. The molecule has 1 atom stereocenters. The van der Waals surface area contributed by atoms with Crippen molar-refractivity contribution in [3.8, 4) is 5.75 Å². The molecule has 2 aromatic rings. The van der Waals surface area contributed by atoms with Crippen LogP contribution in [0.1, 0.15) is 5.56 Å². The van der Waals surface area contributed by atoms with Gasteiger partial charge in [0.05, 0.1) is 24.2 Å². The maximum absolute atomic E-state index is 12.4. The summed E-state index contributed by atoms with van der Waals surface area (Å²) in [5.74, 6) is 0.807. The summed E-state index contributed by atoms with van der Waals surface area (Å²) in [6.45, 7) is 0.690. The van der Waals surface area contributed by atoms with E-state index < -0.39 is 11.0 Å². The first-order valence-corrected chi connectivity index (χ1v) is 6.81. The van der Waals surface area contributed by atoms with Crippen molar-refractivity contribution in [2.45, 2.75) is 11.4 Å². The van der Waals surface area contributed by atoms with Gasteiger partial charge < -0.3 is 4.74 Å². The van der Waals surface area contributed by atoms with Gasteiger partial charge in [0.15, 0.2) is 11.0 Å². The van der Waals surface area contributed by atoms with Crippen LogP contribution in [-0.4, -0.2) is 11.3 Å². The quantitative estimate of drug-likeness (QED) is 0.830. The molecule has 0 N–H and O–H groups in total. The number of anilines is 1. The molecule has 3 nitrogen and oxygen atoms in total. The number of hydrogen-bond acceptors (Lipinski definition) is 2. The Morgan fingerprint density at radius 3 is 2.50 bits per heavy atom. The van der Waals surface area contributed by atoms with Crippen LogP contribution in [0.25, 0.3) is 0 Å². The number of rotatable bonds is 2. The summed E-state index contributed by atoms with van der Waals surface area (Å²) in [7, 11) is 0.535. The SMILES string of the molecule is COc1ccc(N2Cc3ccccc3S2=O)cc1. The third-order valence-corrected chi connectivity index (χ3v) is 4.55. The molecule has 2 aromatic carbocycles. The Balaban J connectivity index is 1.93. The molecule has 0 spiro atoms. The van der Waals surface area contributed by atoms with Gasteiger partial charge in [0, 0.05) is 0 Å². The smallest absolute Gasteiger partial charge is 0.153 e. The summed E-state index contributed by atoms with van der Waals surface area (Å²) in [6, 6.07) is 15.5. The van der Waals surface area contributed by atoms with E-state index in [1.807, 2.05) is 52.8 Å². The Hall–Kier alpha value is -1.81. The summed E-state index contributed by atoms with van der Waals surface area (Å²) in [5.41, 5.74) is 2.08. The third-order valence-electron chi connectivity index (χ3n) is 3.04. The lowest BCUT2D eigenvalue weighted by Gasteiger charge is -2.16. The number of hydrogen-bond donors (Lipinski definition) is 0. The molecule has 0 saturated heterocycles. The standard InChI is InChI=1S/C14H13NO2S/c1-17-13-8-6-12(7-9-13)15-10-11-4-2-3-5-14(11)18(15)16/h2-9H,10H2,1H3. The van der Waals surface area contributed by atoms with Crippen molar-refractivity contribution >= 4 is 16.7 Å². The van der Waals surface area contributed by atoms with Gasteiger partial charge in [0.25, 0.3) is 0 Å². The zero-order chi connectivity index (χ0) is 12.5. The minimum atomic E-state index is -1.10. The van der Waals surface area contributed by atoms with E-state index in [4.69, 9.17) is 4.74 Å². The highest BCUT2D eigenvalue weighted by Crippen LogP contribution is 2.32. The van der Waals surface area contributed by atoms with Crippen molar-refractivity contribution in [1.82, 2.24) is 0 Å². The highest BCUT2D eigenvalue weighted by atomic mass is 32.2. The Morgan fingerprint density at radius 2 is 1.83 bits per heavy atom. The van der Waals surface area contributed by atoms with E-state index in [0.717, 1.165) is 21.9 Å². The summed E-state index contributed by atoms with van der Waals surface area (Å²) >= 11 is 0. The van der Waals surface area contributed by atoms with Crippen LogP contribution in [-0.2, 0) is 17.5 Å². The first kappa shape index (κ1) is 11.3. The predicted molar refractivity (Wildman–Crippen MR) is 72.0 cm³/mol. The van der Waals surface area contributed by atoms with Crippen molar-refractivity contribution < 1.29 is 8.95 Å². The molecular formula is C14H13NO2S. The van der Waals surface area contributed by atoms with Gasteiger partial charge in [-0.3, -0.25) is 4.31 Å². The maximum atomic E-state index is 12.4. The van der Waals surface area contributed by atoms with E-state index in [2.05, 4.69) is 0 Å². The maximum Gasteiger partial charge on any atom is 0.153 e. The van der Waals surface area contributed by atoms with Crippen molar-refractivity contribution in [3.63, 3.8) is 0 Å². The van der Waals surface area contributed by atoms with Crippen LogP contribution in [0, 0.1) is 0 Å². The summed E-state index contributed by atoms with van der Waals surface area (Å²) in [5, 5.41) is 0. The molecule has 1 aliphatic heterocycles. The van der Waals surface area contributed by atoms with E-state index in [-0.39, 0.29) is 0 Å². The van der Waals surface area contributed by atoms with Crippen LogP contribution in [0.15, 0.2) is 53.4 Å². The highest BCUT2D eigenvalue weighted by Gasteiger charge is 2.26. The van der Waals surface area contributed by atoms with Crippen LogP contribution in [0.4, 0.5) is 5.69 Å². The molecule has 1 heterocycles. The van der Waals surface area contributed by atoms with E-state index in [0.29, 0.717) is 6.54 Å². The van der Waals surface area contributed by atoms with Gasteiger partial charge in [-0.1, -0.05) is 18.2 Å². The second-order valence-corrected chi connectivity index (χ2v) is 5.47.